The Bertz CT molecular complexity index is 1080. The second-order valence-electron chi connectivity index (χ2n) is 8.76. The summed E-state index contributed by atoms with van der Waals surface area (Å²) in [5, 5.41) is 9.67. The fraction of sp³-hybridized carbons (Fsp3) is 0.423. The van der Waals surface area contributed by atoms with E-state index in [1.807, 2.05) is 19.1 Å². The average molecular weight is 449 g/mol. The summed E-state index contributed by atoms with van der Waals surface area (Å²) in [6, 6.07) is 16.8. The van der Waals surface area contributed by atoms with E-state index in [0.29, 0.717) is 6.54 Å². The van der Waals surface area contributed by atoms with Gasteiger partial charge in [-0.05, 0) is 69.5 Å². The Morgan fingerprint density at radius 1 is 1.09 bits per heavy atom. The minimum atomic E-state index is -0.236. The number of rotatable bonds is 9. The van der Waals surface area contributed by atoms with Crippen molar-refractivity contribution in [1.82, 2.24) is 19.7 Å². The Balaban J connectivity index is 1.60. The van der Waals surface area contributed by atoms with Crippen molar-refractivity contribution in [3.8, 4) is 0 Å². The van der Waals surface area contributed by atoms with E-state index in [4.69, 9.17) is 0 Å². The lowest BCUT2D eigenvalue weighted by molar-refractivity contribution is 0.0993. The number of Topliss-reactive ketones (excluding diaryl/α,β-unsaturated/α-hetero) is 1. The predicted octanol–water partition coefficient (Wildman–Crippen LogP) is 5.19. The Morgan fingerprint density at radius 2 is 1.84 bits per heavy atom. The molecule has 168 valence electrons. The molecule has 2 atom stereocenters. The zero-order valence-electron chi connectivity index (χ0n) is 19.4. The summed E-state index contributed by atoms with van der Waals surface area (Å²) >= 11 is 1.51. The van der Waals surface area contributed by atoms with Gasteiger partial charge in [0.25, 0.3) is 0 Å². The lowest BCUT2D eigenvalue weighted by Gasteiger charge is -2.23. The third kappa shape index (κ3) is 4.81. The first kappa shape index (κ1) is 22.7. The lowest BCUT2D eigenvalue weighted by Crippen LogP contribution is -2.23. The smallest absolute Gasteiger partial charge is 0.192 e. The van der Waals surface area contributed by atoms with Crippen molar-refractivity contribution in [2.45, 2.75) is 62.5 Å². The Hall–Kier alpha value is -2.44. The number of aryl methyl sites for hydroxylation is 2. The second kappa shape index (κ2) is 10.0. The van der Waals surface area contributed by atoms with Gasteiger partial charge >= 0.3 is 0 Å². The van der Waals surface area contributed by atoms with E-state index in [-0.39, 0.29) is 17.1 Å². The molecule has 0 saturated heterocycles. The maximum absolute atomic E-state index is 13.2. The maximum Gasteiger partial charge on any atom is 0.192 e. The number of benzene rings is 2. The van der Waals surface area contributed by atoms with Gasteiger partial charge in [-0.1, -0.05) is 61.2 Å². The Labute approximate surface area is 195 Å². The van der Waals surface area contributed by atoms with Crippen LogP contribution in [-0.4, -0.2) is 44.8 Å². The largest absolute Gasteiger partial charge is 0.300 e. The fourth-order valence-corrected chi connectivity index (χ4v) is 5.43. The molecule has 0 radical (unpaired) electrons. The van der Waals surface area contributed by atoms with E-state index in [2.05, 4.69) is 77.1 Å². The van der Waals surface area contributed by atoms with Crippen LogP contribution in [0.15, 0.2) is 53.7 Å². The van der Waals surface area contributed by atoms with Gasteiger partial charge in [-0.3, -0.25) is 9.69 Å². The first-order valence-electron chi connectivity index (χ1n) is 11.4. The van der Waals surface area contributed by atoms with Gasteiger partial charge in [0.1, 0.15) is 0 Å². The minimum Gasteiger partial charge on any atom is -0.300 e. The molecule has 4 rings (SSSR count). The predicted molar refractivity (Wildman–Crippen MR) is 130 cm³/mol. The first-order valence-corrected chi connectivity index (χ1v) is 12.3. The molecule has 6 heteroatoms. The van der Waals surface area contributed by atoms with Crippen LogP contribution < -0.4 is 0 Å². The molecule has 0 bridgehead atoms. The molecule has 1 aliphatic rings. The van der Waals surface area contributed by atoms with Gasteiger partial charge in [0, 0.05) is 5.56 Å². The van der Waals surface area contributed by atoms with Crippen molar-refractivity contribution in [1.29, 1.82) is 0 Å². The summed E-state index contributed by atoms with van der Waals surface area (Å²) in [7, 11) is 4.14. The van der Waals surface area contributed by atoms with Crippen molar-refractivity contribution in [2.24, 2.45) is 0 Å². The highest BCUT2D eigenvalue weighted by Crippen LogP contribution is 2.30. The van der Waals surface area contributed by atoms with Gasteiger partial charge in [0.15, 0.2) is 16.8 Å². The van der Waals surface area contributed by atoms with Crippen LogP contribution >= 0.6 is 11.8 Å². The van der Waals surface area contributed by atoms with Gasteiger partial charge in [0.2, 0.25) is 0 Å². The highest BCUT2D eigenvalue weighted by molar-refractivity contribution is 8.00. The van der Waals surface area contributed by atoms with Crippen molar-refractivity contribution in [2.75, 3.05) is 14.1 Å². The summed E-state index contributed by atoms with van der Waals surface area (Å²) in [4.78, 5) is 15.4. The fourth-order valence-electron chi connectivity index (χ4n) is 4.50. The third-order valence-electron chi connectivity index (χ3n) is 6.27. The SMILES string of the molecule is CCC(c1nnc(SC(C)C(=O)c2ccc3c(c2)CCC3)n1Cc1ccccc1)N(C)C. The standard InChI is InChI=1S/C26H32N4OS/c1-5-23(29(3)4)25-27-28-26(30(25)17-19-10-7-6-8-11-19)32-18(2)24(31)22-15-14-20-12-9-13-21(20)16-22/h6-8,10-11,14-16,18,23H,5,9,12-13,17H2,1-4H3. The van der Waals surface area contributed by atoms with E-state index < -0.39 is 0 Å². The van der Waals surface area contributed by atoms with Crippen molar-refractivity contribution in [3.63, 3.8) is 0 Å². The molecule has 1 heterocycles. The quantitative estimate of drug-likeness (QED) is 0.333. The minimum absolute atomic E-state index is 0.153. The van der Waals surface area contributed by atoms with Crippen LogP contribution in [0.25, 0.3) is 0 Å². The number of carbonyl (C=O) groups is 1. The van der Waals surface area contributed by atoms with E-state index in [0.717, 1.165) is 35.8 Å². The van der Waals surface area contributed by atoms with E-state index in [1.165, 1.54) is 34.9 Å². The first-order chi connectivity index (χ1) is 15.5. The van der Waals surface area contributed by atoms with Gasteiger partial charge in [-0.2, -0.15) is 0 Å². The molecular formula is C26H32N4OS. The normalized spacial score (nSPS) is 15.0. The number of fused-ring (bicyclic) bond motifs is 1. The topological polar surface area (TPSA) is 51.0 Å². The second-order valence-corrected chi connectivity index (χ2v) is 10.1. The molecule has 0 spiro atoms. The summed E-state index contributed by atoms with van der Waals surface area (Å²) in [6.07, 6.45) is 4.33. The molecule has 5 nitrogen and oxygen atoms in total. The van der Waals surface area contributed by atoms with Crippen molar-refractivity contribution in [3.05, 3.63) is 76.6 Å². The van der Waals surface area contributed by atoms with Crippen LogP contribution in [0.5, 0.6) is 0 Å². The molecule has 0 N–H and O–H groups in total. The molecular weight excluding hydrogens is 416 g/mol. The molecule has 0 fully saturated rings. The molecule has 0 saturated carbocycles. The van der Waals surface area contributed by atoms with Crippen LogP contribution in [0.1, 0.15) is 65.6 Å². The number of aromatic nitrogens is 3. The number of hydrogen-bond acceptors (Lipinski definition) is 5. The molecule has 1 aromatic heterocycles. The number of ketones is 1. The van der Waals surface area contributed by atoms with Crippen LogP contribution in [-0.2, 0) is 19.4 Å². The van der Waals surface area contributed by atoms with E-state index >= 15 is 0 Å². The van der Waals surface area contributed by atoms with Crippen molar-refractivity contribution < 1.29 is 4.79 Å². The maximum atomic E-state index is 13.2. The number of hydrogen-bond donors (Lipinski definition) is 0. The molecule has 0 aliphatic heterocycles. The number of nitrogens with zero attached hydrogens (tertiary/aromatic N) is 4. The molecule has 2 aromatic carbocycles. The number of thioether (sulfide) groups is 1. The van der Waals surface area contributed by atoms with Gasteiger partial charge in [-0.25, -0.2) is 0 Å². The molecule has 3 aromatic rings. The Morgan fingerprint density at radius 3 is 2.56 bits per heavy atom. The van der Waals surface area contributed by atoms with Gasteiger partial charge < -0.3 is 4.57 Å². The average Bonchev–Trinajstić information content (AvgIpc) is 3.41. The molecule has 2 unspecified atom stereocenters. The molecule has 1 aliphatic carbocycles. The van der Waals surface area contributed by atoms with Crippen LogP contribution in [0.3, 0.4) is 0 Å². The summed E-state index contributed by atoms with van der Waals surface area (Å²) < 4.78 is 2.18. The summed E-state index contributed by atoms with van der Waals surface area (Å²) in [6.45, 7) is 4.83. The van der Waals surface area contributed by atoms with Crippen LogP contribution in [0.4, 0.5) is 0 Å². The van der Waals surface area contributed by atoms with E-state index in [1.54, 1.807) is 0 Å². The van der Waals surface area contributed by atoms with Crippen LogP contribution in [0.2, 0.25) is 0 Å². The van der Waals surface area contributed by atoms with Gasteiger partial charge in [0.05, 0.1) is 17.8 Å². The van der Waals surface area contributed by atoms with E-state index in [9.17, 15) is 4.79 Å². The lowest BCUT2D eigenvalue weighted by atomic mass is 10.0. The zero-order chi connectivity index (χ0) is 22.7. The number of carbonyl (C=O) groups excluding carboxylic acids is 1. The van der Waals surface area contributed by atoms with Crippen LogP contribution in [0, 0.1) is 0 Å². The van der Waals surface area contributed by atoms with Gasteiger partial charge in [-0.15, -0.1) is 10.2 Å². The molecule has 0 amide bonds. The molecule has 32 heavy (non-hydrogen) atoms. The summed E-state index contributed by atoms with van der Waals surface area (Å²) in [5.74, 6) is 1.10. The zero-order valence-corrected chi connectivity index (χ0v) is 20.2. The monoisotopic (exact) mass is 448 g/mol. The third-order valence-corrected chi connectivity index (χ3v) is 7.35. The Kier molecular flexibility index (Phi) is 7.11. The highest BCUT2D eigenvalue weighted by Gasteiger charge is 2.26. The van der Waals surface area contributed by atoms with Crippen molar-refractivity contribution >= 4 is 17.5 Å². The highest BCUT2D eigenvalue weighted by atomic mass is 32.2. The summed E-state index contributed by atoms with van der Waals surface area (Å²) in [5.41, 5.74) is 4.73.